The Morgan fingerprint density at radius 1 is 1.09 bits per heavy atom. The smallest absolute Gasteiger partial charge is 0.390 e. The molecule has 2 N–H and O–H groups in total. The number of rotatable bonds is 7. The largest absolute Gasteiger partial charge is 0.417 e. The van der Waals surface area contributed by atoms with Gasteiger partial charge in [-0.05, 0) is 112 Å². The molecule has 0 aromatic rings. The van der Waals surface area contributed by atoms with Crippen molar-refractivity contribution in [3.63, 3.8) is 0 Å². The first-order valence-electron chi connectivity index (χ1n) is 13.9. The summed E-state index contributed by atoms with van der Waals surface area (Å²) in [5.74, 6) is 2.73. The number of aliphatic hydroxyl groups is 2. The van der Waals surface area contributed by atoms with Gasteiger partial charge >= 0.3 is 6.18 Å². The van der Waals surface area contributed by atoms with E-state index in [9.17, 15) is 23.4 Å². The summed E-state index contributed by atoms with van der Waals surface area (Å²) in [5, 5.41) is 21.1. The second-order valence-corrected chi connectivity index (χ2v) is 13.4. The van der Waals surface area contributed by atoms with E-state index in [2.05, 4.69) is 26.8 Å². The number of ether oxygens (including phenoxy) is 1. The van der Waals surface area contributed by atoms with Crippen LogP contribution in [0.4, 0.5) is 13.2 Å². The normalized spacial score (nSPS) is 44.0. The molecule has 202 valence electrons. The maximum absolute atomic E-state index is 13.6. The number of hydrogen-bond donors (Lipinski definition) is 2. The molecule has 0 bridgehead atoms. The summed E-state index contributed by atoms with van der Waals surface area (Å²) in [4.78, 5) is 0. The van der Waals surface area contributed by atoms with Gasteiger partial charge in [-0.1, -0.05) is 32.4 Å². The fraction of sp³-hybridized carbons (Fsp3) is 0.931. The number of allylic oxidation sites excluding steroid dienone is 1. The zero-order valence-corrected chi connectivity index (χ0v) is 22.4. The highest BCUT2D eigenvalue weighted by Crippen LogP contribution is 2.68. The Labute approximate surface area is 209 Å². The van der Waals surface area contributed by atoms with Crippen molar-refractivity contribution in [1.29, 1.82) is 0 Å². The van der Waals surface area contributed by atoms with Crippen LogP contribution in [0.3, 0.4) is 0 Å². The quantitative estimate of drug-likeness (QED) is 0.368. The Morgan fingerprint density at radius 2 is 1.80 bits per heavy atom. The van der Waals surface area contributed by atoms with Crippen LogP contribution in [0.5, 0.6) is 0 Å². The lowest BCUT2D eigenvalue weighted by Crippen LogP contribution is -2.55. The average Bonchev–Trinajstić information content (AvgIpc) is 3.13. The van der Waals surface area contributed by atoms with Gasteiger partial charge in [0.05, 0.1) is 5.60 Å². The summed E-state index contributed by atoms with van der Waals surface area (Å²) in [7, 11) is 1.67. The topological polar surface area (TPSA) is 49.7 Å². The molecule has 4 rings (SSSR count). The first-order chi connectivity index (χ1) is 16.2. The van der Waals surface area contributed by atoms with Crippen molar-refractivity contribution in [2.24, 2.45) is 40.4 Å². The number of hydrogen-bond acceptors (Lipinski definition) is 3. The minimum Gasteiger partial charge on any atom is -0.390 e. The molecule has 35 heavy (non-hydrogen) atoms. The predicted octanol–water partition coefficient (Wildman–Crippen LogP) is 7.06. The van der Waals surface area contributed by atoms with E-state index in [1.807, 2.05) is 6.92 Å². The molecule has 4 aliphatic rings. The minimum atomic E-state index is -4.57. The number of methoxy groups -OCH3 is 1. The van der Waals surface area contributed by atoms with Crippen LogP contribution < -0.4 is 0 Å². The number of halogens is 3. The average molecular weight is 501 g/mol. The van der Waals surface area contributed by atoms with Gasteiger partial charge in [0.25, 0.3) is 0 Å². The summed E-state index contributed by atoms with van der Waals surface area (Å²) in [6.45, 7) is 9.51. The molecule has 0 radical (unpaired) electrons. The van der Waals surface area contributed by atoms with Crippen LogP contribution >= 0.6 is 0 Å². The van der Waals surface area contributed by atoms with E-state index in [0.717, 1.165) is 37.7 Å². The lowest BCUT2D eigenvalue weighted by atomic mass is 9.46. The maximum atomic E-state index is 13.6. The Balaban J connectivity index is 1.47. The molecule has 0 aliphatic heterocycles. The SMILES string of the molecule is COCC[C@](C)(O)CC[C@@H](C)[C@H]1CC[C@H]2[C@@H]3CC=C4C[C@](O)(C(F)(F)F)CC[C@]4(C)[C@H]3CC[C@]12C. The minimum absolute atomic E-state index is 0.182. The lowest BCUT2D eigenvalue weighted by molar-refractivity contribution is -0.271. The van der Waals surface area contributed by atoms with Gasteiger partial charge in [-0.15, -0.1) is 0 Å². The molecule has 0 aromatic carbocycles. The van der Waals surface area contributed by atoms with Gasteiger partial charge in [-0.2, -0.15) is 13.2 Å². The van der Waals surface area contributed by atoms with Crippen LogP contribution in [0.25, 0.3) is 0 Å². The highest BCUT2D eigenvalue weighted by atomic mass is 19.4. The van der Waals surface area contributed by atoms with Crippen LogP contribution in [-0.2, 0) is 4.74 Å². The third kappa shape index (κ3) is 4.74. The molecule has 0 saturated heterocycles. The molecule has 0 aromatic heterocycles. The van der Waals surface area contributed by atoms with Gasteiger partial charge in [0.2, 0.25) is 0 Å². The summed E-state index contributed by atoms with van der Waals surface area (Å²) in [6, 6.07) is 0. The van der Waals surface area contributed by atoms with E-state index in [1.165, 1.54) is 12.8 Å². The molecule has 3 saturated carbocycles. The third-order valence-electron chi connectivity index (χ3n) is 11.4. The summed E-state index contributed by atoms with van der Waals surface area (Å²) in [5.41, 5.74) is -2.35. The van der Waals surface area contributed by atoms with Crippen molar-refractivity contribution >= 4 is 0 Å². The molecule has 0 heterocycles. The summed E-state index contributed by atoms with van der Waals surface area (Å²) >= 11 is 0. The standard InChI is InChI=1S/C29H47F3O3/c1-19(10-12-25(2,33)16-17-35-5)22-8-9-23-21-7-6-20-18-28(34,29(30,31)32)15-14-26(20,3)24(21)11-13-27(22,23)4/h6,19,21-24,33-34H,7-18H2,1-5H3/t19-,21+,22-,23+,24+,25-,26+,27-,28+/m1/s1. The summed E-state index contributed by atoms with van der Waals surface area (Å²) < 4.78 is 45.9. The van der Waals surface area contributed by atoms with Crippen LogP contribution in [-0.4, -0.2) is 41.3 Å². The third-order valence-corrected chi connectivity index (χ3v) is 11.4. The van der Waals surface area contributed by atoms with Crippen molar-refractivity contribution in [1.82, 2.24) is 0 Å². The lowest BCUT2D eigenvalue weighted by Gasteiger charge is -2.59. The van der Waals surface area contributed by atoms with Crippen molar-refractivity contribution in [3.8, 4) is 0 Å². The highest BCUT2D eigenvalue weighted by Gasteiger charge is 2.63. The Morgan fingerprint density at radius 3 is 2.46 bits per heavy atom. The monoisotopic (exact) mass is 500 g/mol. The van der Waals surface area contributed by atoms with Crippen molar-refractivity contribution in [2.75, 3.05) is 13.7 Å². The maximum Gasteiger partial charge on any atom is 0.417 e. The Bertz CT molecular complexity index is 807. The molecule has 3 nitrogen and oxygen atoms in total. The fourth-order valence-corrected chi connectivity index (χ4v) is 9.05. The molecule has 4 aliphatic carbocycles. The first-order valence-corrected chi connectivity index (χ1v) is 13.9. The van der Waals surface area contributed by atoms with E-state index in [-0.39, 0.29) is 23.7 Å². The van der Waals surface area contributed by atoms with E-state index in [1.54, 1.807) is 7.11 Å². The molecule has 9 atom stereocenters. The molecular weight excluding hydrogens is 453 g/mol. The Hall–Kier alpha value is -0.590. The van der Waals surface area contributed by atoms with Gasteiger partial charge in [-0.3, -0.25) is 0 Å². The van der Waals surface area contributed by atoms with Crippen LogP contribution in [0.2, 0.25) is 0 Å². The van der Waals surface area contributed by atoms with Gasteiger partial charge in [0, 0.05) is 20.1 Å². The zero-order chi connectivity index (χ0) is 25.9. The van der Waals surface area contributed by atoms with Crippen LogP contribution in [0.1, 0.15) is 98.3 Å². The van der Waals surface area contributed by atoms with Crippen LogP contribution in [0.15, 0.2) is 11.6 Å². The molecular formula is C29H47F3O3. The number of alkyl halides is 3. The molecule has 0 unspecified atom stereocenters. The first kappa shape index (κ1) is 27.4. The molecule has 0 spiro atoms. The second kappa shape index (κ2) is 9.31. The summed E-state index contributed by atoms with van der Waals surface area (Å²) in [6.07, 6.45) is 5.46. The van der Waals surface area contributed by atoms with Gasteiger partial charge in [-0.25, -0.2) is 0 Å². The fourth-order valence-electron chi connectivity index (χ4n) is 9.05. The predicted molar refractivity (Wildman–Crippen MR) is 132 cm³/mol. The Kier molecular flexibility index (Phi) is 7.30. The molecule has 0 amide bonds. The van der Waals surface area contributed by atoms with Crippen molar-refractivity contribution in [3.05, 3.63) is 11.6 Å². The van der Waals surface area contributed by atoms with E-state index < -0.39 is 17.4 Å². The zero-order valence-electron chi connectivity index (χ0n) is 22.4. The highest BCUT2D eigenvalue weighted by molar-refractivity contribution is 5.28. The van der Waals surface area contributed by atoms with Crippen molar-refractivity contribution in [2.45, 2.75) is 116 Å². The van der Waals surface area contributed by atoms with Crippen LogP contribution in [0, 0.1) is 40.4 Å². The molecule has 3 fully saturated rings. The van der Waals surface area contributed by atoms with E-state index in [4.69, 9.17) is 4.74 Å². The second-order valence-electron chi connectivity index (χ2n) is 13.4. The van der Waals surface area contributed by atoms with Gasteiger partial charge in [0.1, 0.15) is 0 Å². The van der Waals surface area contributed by atoms with Crippen molar-refractivity contribution < 1.29 is 28.1 Å². The molecule has 6 heteroatoms. The van der Waals surface area contributed by atoms with Gasteiger partial charge < -0.3 is 14.9 Å². The van der Waals surface area contributed by atoms with Gasteiger partial charge in [0.15, 0.2) is 5.60 Å². The van der Waals surface area contributed by atoms with E-state index >= 15 is 0 Å². The van der Waals surface area contributed by atoms with E-state index in [0.29, 0.717) is 49.0 Å². The number of fused-ring (bicyclic) bond motifs is 5.